The molecule has 0 amide bonds. The first-order valence-electron chi connectivity index (χ1n) is 4.82. The number of rotatable bonds is 4. The van der Waals surface area contributed by atoms with Crippen LogP contribution < -0.4 is 11.1 Å². The lowest BCUT2D eigenvalue weighted by Crippen LogP contribution is -2.32. The Kier molecular flexibility index (Phi) is 4.58. The highest BCUT2D eigenvalue weighted by Gasteiger charge is 2.03. The van der Waals surface area contributed by atoms with Gasteiger partial charge in [-0.05, 0) is 31.0 Å². The van der Waals surface area contributed by atoms with Gasteiger partial charge < -0.3 is 11.1 Å². The Labute approximate surface area is 94.0 Å². The Morgan fingerprint density at radius 3 is 2.86 bits per heavy atom. The maximum atomic E-state index is 5.53. The fourth-order valence-electron chi connectivity index (χ4n) is 1.21. The molecule has 0 aliphatic rings. The Bertz CT molecular complexity index is 299. The number of nitrogens with two attached hydrogens (primary N) is 1. The highest BCUT2D eigenvalue weighted by Crippen LogP contribution is 2.19. The quantitative estimate of drug-likeness (QED) is 0.867. The summed E-state index contributed by atoms with van der Waals surface area (Å²) in [6, 6.07) is 6.62. The van der Waals surface area contributed by atoms with E-state index in [9.17, 15) is 0 Å². The van der Waals surface area contributed by atoms with Gasteiger partial charge in [-0.3, -0.25) is 0 Å². The molecule has 1 atom stereocenters. The van der Waals surface area contributed by atoms with Crippen molar-refractivity contribution < 1.29 is 0 Å². The highest BCUT2D eigenvalue weighted by atomic mass is 79.9. The first kappa shape index (κ1) is 11.7. The molecule has 1 aromatic rings. The van der Waals surface area contributed by atoms with E-state index in [4.69, 9.17) is 5.73 Å². The first-order chi connectivity index (χ1) is 6.65. The van der Waals surface area contributed by atoms with E-state index in [2.05, 4.69) is 53.3 Å². The second kappa shape index (κ2) is 5.49. The number of benzene rings is 1. The second-order valence-corrected chi connectivity index (χ2v) is 4.40. The van der Waals surface area contributed by atoms with Crippen molar-refractivity contribution >= 4 is 15.9 Å². The van der Waals surface area contributed by atoms with Crippen LogP contribution in [0.2, 0.25) is 0 Å². The largest absolute Gasteiger partial charge is 0.329 e. The molecule has 0 radical (unpaired) electrons. The topological polar surface area (TPSA) is 38.0 Å². The lowest BCUT2D eigenvalue weighted by Gasteiger charge is -2.13. The third-order valence-corrected chi connectivity index (χ3v) is 3.23. The fourth-order valence-corrected chi connectivity index (χ4v) is 1.62. The molecule has 0 bridgehead atoms. The van der Waals surface area contributed by atoms with Gasteiger partial charge in [-0.15, -0.1) is 0 Å². The van der Waals surface area contributed by atoms with Gasteiger partial charge in [-0.1, -0.05) is 28.1 Å². The van der Waals surface area contributed by atoms with E-state index >= 15 is 0 Å². The van der Waals surface area contributed by atoms with Crippen LogP contribution in [0.15, 0.2) is 22.7 Å². The monoisotopic (exact) mass is 256 g/mol. The third-order valence-electron chi connectivity index (χ3n) is 2.37. The van der Waals surface area contributed by atoms with Gasteiger partial charge in [0.05, 0.1) is 0 Å². The van der Waals surface area contributed by atoms with Crippen LogP contribution in [-0.2, 0) is 6.54 Å². The second-order valence-electron chi connectivity index (χ2n) is 3.54. The molecule has 0 aromatic heterocycles. The van der Waals surface area contributed by atoms with Gasteiger partial charge in [-0.2, -0.15) is 0 Å². The minimum atomic E-state index is 0.369. The van der Waals surface area contributed by atoms with Gasteiger partial charge in [0.1, 0.15) is 0 Å². The summed E-state index contributed by atoms with van der Waals surface area (Å²) in [5, 5.41) is 3.37. The number of hydrogen-bond acceptors (Lipinski definition) is 2. The van der Waals surface area contributed by atoms with Crippen LogP contribution in [0.1, 0.15) is 18.1 Å². The number of nitrogens with one attached hydrogen (secondary N) is 1. The van der Waals surface area contributed by atoms with Gasteiger partial charge in [0.2, 0.25) is 0 Å². The molecule has 0 aliphatic carbocycles. The minimum absolute atomic E-state index is 0.369. The van der Waals surface area contributed by atoms with Crippen molar-refractivity contribution in [3.8, 4) is 0 Å². The highest BCUT2D eigenvalue weighted by molar-refractivity contribution is 9.10. The normalized spacial score (nSPS) is 12.9. The maximum absolute atomic E-state index is 5.53. The van der Waals surface area contributed by atoms with Crippen molar-refractivity contribution in [2.24, 2.45) is 5.73 Å². The summed E-state index contributed by atoms with van der Waals surface area (Å²) < 4.78 is 1.16. The summed E-state index contributed by atoms with van der Waals surface area (Å²) in [5.41, 5.74) is 8.15. The number of halogens is 1. The van der Waals surface area contributed by atoms with Crippen LogP contribution in [0.4, 0.5) is 0 Å². The Balaban J connectivity index is 2.63. The lowest BCUT2D eigenvalue weighted by atomic mass is 10.1. The maximum Gasteiger partial charge on any atom is 0.0211 e. The lowest BCUT2D eigenvalue weighted by molar-refractivity contribution is 0.555. The van der Waals surface area contributed by atoms with Crippen molar-refractivity contribution in [1.82, 2.24) is 5.32 Å². The van der Waals surface area contributed by atoms with Crippen molar-refractivity contribution in [2.75, 3.05) is 6.54 Å². The molecule has 0 saturated carbocycles. The third kappa shape index (κ3) is 3.08. The van der Waals surface area contributed by atoms with E-state index in [1.165, 1.54) is 11.1 Å². The zero-order valence-corrected chi connectivity index (χ0v) is 10.3. The summed E-state index contributed by atoms with van der Waals surface area (Å²) in [5.74, 6) is 0. The Morgan fingerprint density at radius 1 is 1.50 bits per heavy atom. The molecule has 1 aromatic carbocycles. The summed E-state index contributed by atoms with van der Waals surface area (Å²) >= 11 is 3.52. The zero-order valence-electron chi connectivity index (χ0n) is 8.68. The summed E-state index contributed by atoms with van der Waals surface area (Å²) in [6.07, 6.45) is 0. The Hall–Kier alpha value is -0.380. The molecule has 0 saturated heterocycles. The first-order valence-corrected chi connectivity index (χ1v) is 5.62. The average molecular weight is 257 g/mol. The summed E-state index contributed by atoms with van der Waals surface area (Å²) in [4.78, 5) is 0. The predicted molar refractivity (Wildman–Crippen MR) is 64.2 cm³/mol. The van der Waals surface area contributed by atoms with Crippen molar-refractivity contribution in [3.05, 3.63) is 33.8 Å². The minimum Gasteiger partial charge on any atom is -0.329 e. The molecule has 0 heterocycles. The summed E-state index contributed by atoms with van der Waals surface area (Å²) in [6.45, 7) is 5.76. The van der Waals surface area contributed by atoms with Gasteiger partial charge >= 0.3 is 0 Å². The van der Waals surface area contributed by atoms with Crippen molar-refractivity contribution in [2.45, 2.75) is 26.4 Å². The van der Waals surface area contributed by atoms with E-state index in [1.807, 2.05) is 0 Å². The molecule has 1 unspecified atom stereocenters. The molecule has 78 valence electrons. The fraction of sp³-hybridized carbons (Fsp3) is 0.455. The van der Waals surface area contributed by atoms with Gasteiger partial charge in [-0.25, -0.2) is 0 Å². The molecule has 14 heavy (non-hydrogen) atoms. The molecule has 0 fully saturated rings. The molecule has 3 N–H and O–H groups in total. The van der Waals surface area contributed by atoms with Crippen molar-refractivity contribution in [1.29, 1.82) is 0 Å². The smallest absolute Gasteiger partial charge is 0.0211 e. The molecule has 2 nitrogen and oxygen atoms in total. The van der Waals surface area contributed by atoms with Crippen LogP contribution in [-0.4, -0.2) is 12.6 Å². The van der Waals surface area contributed by atoms with Crippen LogP contribution in [0.3, 0.4) is 0 Å². The molecule has 0 aliphatic heterocycles. The van der Waals surface area contributed by atoms with E-state index < -0.39 is 0 Å². The Morgan fingerprint density at radius 2 is 2.21 bits per heavy atom. The predicted octanol–water partition coefficient (Wildman–Crippen LogP) is 2.19. The number of hydrogen-bond donors (Lipinski definition) is 2. The van der Waals surface area contributed by atoms with Crippen LogP contribution in [0.5, 0.6) is 0 Å². The molecular formula is C11H17BrN2. The molecule has 1 rings (SSSR count). The van der Waals surface area contributed by atoms with Gasteiger partial charge in [0, 0.05) is 23.6 Å². The van der Waals surface area contributed by atoms with Gasteiger partial charge in [0.25, 0.3) is 0 Å². The van der Waals surface area contributed by atoms with E-state index in [0.29, 0.717) is 12.6 Å². The van der Waals surface area contributed by atoms with Crippen molar-refractivity contribution in [3.63, 3.8) is 0 Å². The SMILES string of the molecule is Cc1c(Br)cccc1CNC(C)CN. The van der Waals surface area contributed by atoms with Gasteiger partial charge in [0.15, 0.2) is 0 Å². The van der Waals surface area contributed by atoms with Crippen LogP contribution >= 0.6 is 15.9 Å². The van der Waals surface area contributed by atoms with Crippen LogP contribution in [0.25, 0.3) is 0 Å². The zero-order chi connectivity index (χ0) is 10.6. The molecule has 3 heteroatoms. The van der Waals surface area contributed by atoms with E-state index in [1.54, 1.807) is 0 Å². The molecule has 0 spiro atoms. The summed E-state index contributed by atoms with van der Waals surface area (Å²) in [7, 11) is 0. The molecular weight excluding hydrogens is 240 g/mol. The van der Waals surface area contributed by atoms with Crippen LogP contribution in [0, 0.1) is 6.92 Å². The van der Waals surface area contributed by atoms with E-state index in [0.717, 1.165) is 11.0 Å². The average Bonchev–Trinajstić information content (AvgIpc) is 2.20. The van der Waals surface area contributed by atoms with E-state index in [-0.39, 0.29) is 0 Å². The standard InChI is InChI=1S/C11H17BrN2/c1-8(6-13)14-7-10-4-3-5-11(12)9(10)2/h3-5,8,14H,6-7,13H2,1-2H3.